The fraction of sp³-hybridized carbons (Fsp3) is 0.167. The molecule has 33 heavy (non-hydrogen) atoms. The Kier molecular flexibility index (Phi) is 6.69. The van der Waals surface area contributed by atoms with Crippen molar-refractivity contribution in [2.24, 2.45) is 7.05 Å². The number of benzene rings is 3. The number of nitrogens with one attached hydrogen (secondary N) is 2. The fourth-order valence-electron chi connectivity index (χ4n) is 3.46. The molecule has 0 bridgehead atoms. The molecule has 0 aliphatic rings. The standard InChI is InChI=1S/C24H22FN5O2S/c1-15(26-23(32)18-11-5-6-12-19(18)25)22-28-29-24(30(22)2)33-14-21(31)27-20-13-7-9-16-8-3-4-10-17(16)20/h3-13,15H,14H2,1-2H3,(H,26,32)(H,27,31)/t15-/m0/s1. The average molecular weight is 464 g/mol. The molecule has 4 aromatic rings. The minimum Gasteiger partial charge on any atom is -0.342 e. The van der Waals surface area contributed by atoms with Gasteiger partial charge in [0, 0.05) is 18.1 Å². The molecule has 0 aliphatic carbocycles. The van der Waals surface area contributed by atoms with E-state index in [1.54, 1.807) is 24.6 Å². The molecular weight excluding hydrogens is 441 g/mol. The van der Waals surface area contributed by atoms with Gasteiger partial charge in [0.15, 0.2) is 11.0 Å². The summed E-state index contributed by atoms with van der Waals surface area (Å²) in [5.41, 5.74) is 0.716. The molecule has 1 heterocycles. The predicted octanol–water partition coefficient (Wildman–Crippen LogP) is 4.33. The number of carbonyl (C=O) groups excluding carboxylic acids is 2. The summed E-state index contributed by atoms with van der Waals surface area (Å²) in [6.45, 7) is 1.74. The highest BCUT2D eigenvalue weighted by atomic mass is 32.2. The molecule has 9 heteroatoms. The van der Waals surface area contributed by atoms with E-state index in [1.165, 1.54) is 30.0 Å². The zero-order valence-electron chi connectivity index (χ0n) is 18.1. The number of halogens is 1. The van der Waals surface area contributed by atoms with Crippen LogP contribution in [0.1, 0.15) is 29.1 Å². The molecule has 1 atom stereocenters. The first-order valence-corrected chi connectivity index (χ1v) is 11.3. The minimum atomic E-state index is -0.589. The SMILES string of the molecule is C[C@H](NC(=O)c1ccccc1F)c1nnc(SCC(=O)Nc2cccc3ccccc23)n1C. The van der Waals surface area contributed by atoms with Crippen molar-refractivity contribution in [1.29, 1.82) is 0 Å². The monoisotopic (exact) mass is 463 g/mol. The van der Waals surface area contributed by atoms with Crippen LogP contribution in [0.4, 0.5) is 10.1 Å². The summed E-state index contributed by atoms with van der Waals surface area (Å²) in [5.74, 6) is -0.648. The summed E-state index contributed by atoms with van der Waals surface area (Å²) in [6.07, 6.45) is 0. The second-order valence-electron chi connectivity index (χ2n) is 7.44. The van der Waals surface area contributed by atoms with Crippen LogP contribution in [0.5, 0.6) is 0 Å². The Morgan fingerprint density at radius 2 is 1.76 bits per heavy atom. The second kappa shape index (κ2) is 9.83. The van der Waals surface area contributed by atoms with Crippen molar-refractivity contribution in [1.82, 2.24) is 20.1 Å². The topological polar surface area (TPSA) is 88.9 Å². The molecule has 2 amide bonds. The molecule has 3 aromatic carbocycles. The van der Waals surface area contributed by atoms with Crippen LogP contribution in [-0.2, 0) is 11.8 Å². The van der Waals surface area contributed by atoms with Crippen molar-refractivity contribution in [3.8, 4) is 0 Å². The third kappa shape index (κ3) is 5.04. The molecule has 0 radical (unpaired) electrons. The molecule has 7 nitrogen and oxygen atoms in total. The normalized spacial score (nSPS) is 11.8. The number of hydrogen-bond acceptors (Lipinski definition) is 5. The highest BCUT2D eigenvalue weighted by molar-refractivity contribution is 7.99. The lowest BCUT2D eigenvalue weighted by Crippen LogP contribution is -2.29. The molecule has 0 unspecified atom stereocenters. The number of rotatable bonds is 7. The average Bonchev–Trinajstić information content (AvgIpc) is 3.18. The quantitative estimate of drug-likeness (QED) is 0.398. The maximum atomic E-state index is 13.9. The summed E-state index contributed by atoms with van der Waals surface area (Å²) in [5, 5.41) is 16.5. The van der Waals surface area contributed by atoms with Crippen LogP contribution in [-0.4, -0.2) is 32.3 Å². The summed E-state index contributed by atoms with van der Waals surface area (Å²) < 4.78 is 15.6. The highest BCUT2D eigenvalue weighted by Crippen LogP contribution is 2.24. The molecular formula is C24H22FN5O2S. The third-order valence-corrected chi connectivity index (χ3v) is 6.14. The Hall–Kier alpha value is -3.72. The first-order chi connectivity index (χ1) is 15.9. The number of aromatic nitrogens is 3. The van der Waals surface area contributed by atoms with E-state index in [9.17, 15) is 14.0 Å². The van der Waals surface area contributed by atoms with E-state index in [4.69, 9.17) is 0 Å². The van der Waals surface area contributed by atoms with E-state index < -0.39 is 17.8 Å². The van der Waals surface area contributed by atoms with Crippen molar-refractivity contribution >= 4 is 40.0 Å². The van der Waals surface area contributed by atoms with E-state index in [-0.39, 0.29) is 17.2 Å². The van der Waals surface area contributed by atoms with Gasteiger partial charge in [-0.05, 0) is 30.5 Å². The highest BCUT2D eigenvalue weighted by Gasteiger charge is 2.20. The summed E-state index contributed by atoms with van der Waals surface area (Å²) in [4.78, 5) is 24.9. The van der Waals surface area contributed by atoms with E-state index in [0.717, 1.165) is 16.5 Å². The minimum absolute atomic E-state index is 0.0359. The lowest BCUT2D eigenvalue weighted by Gasteiger charge is -2.14. The van der Waals surface area contributed by atoms with Crippen molar-refractivity contribution in [3.05, 3.63) is 83.9 Å². The summed E-state index contributed by atoms with van der Waals surface area (Å²) >= 11 is 1.24. The third-order valence-electron chi connectivity index (χ3n) is 5.12. The zero-order valence-corrected chi connectivity index (χ0v) is 18.9. The van der Waals surface area contributed by atoms with Crippen LogP contribution in [0.3, 0.4) is 0 Å². The van der Waals surface area contributed by atoms with Crippen molar-refractivity contribution in [2.45, 2.75) is 18.1 Å². The van der Waals surface area contributed by atoms with Crippen LogP contribution < -0.4 is 10.6 Å². The summed E-state index contributed by atoms with van der Waals surface area (Å²) in [7, 11) is 1.76. The van der Waals surface area contributed by atoms with Crippen molar-refractivity contribution < 1.29 is 14.0 Å². The Morgan fingerprint density at radius 3 is 2.58 bits per heavy atom. The Bertz CT molecular complexity index is 1320. The van der Waals surface area contributed by atoms with Crippen LogP contribution in [0.2, 0.25) is 0 Å². The van der Waals surface area contributed by atoms with Crippen LogP contribution in [0, 0.1) is 5.82 Å². The van der Waals surface area contributed by atoms with Crippen molar-refractivity contribution in [3.63, 3.8) is 0 Å². The molecule has 2 N–H and O–H groups in total. The first-order valence-electron chi connectivity index (χ1n) is 10.3. The molecule has 168 valence electrons. The van der Waals surface area contributed by atoms with Crippen LogP contribution in [0.15, 0.2) is 71.9 Å². The summed E-state index contributed by atoms with van der Waals surface area (Å²) in [6, 6.07) is 18.9. The molecule has 0 saturated heterocycles. The van der Waals surface area contributed by atoms with Gasteiger partial charge < -0.3 is 15.2 Å². The fourth-order valence-corrected chi connectivity index (χ4v) is 4.18. The zero-order chi connectivity index (χ0) is 23.4. The van der Waals surface area contributed by atoms with Gasteiger partial charge in [-0.1, -0.05) is 60.3 Å². The smallest absolute Gasteiger partial charge is 0.254 e. The number of amides is 2. The van der Waals surface area contributed by atoms with Gasteiger partial charge in [-0.3, -0.25) is 9.59 Å². The maximum absolute atomic E-state index is 13.9. The van der Waals surface area contributed by atoms with Gasteiger partial charge in [0.1, 0.15) is 5.82 Å². The molecule has 0 fully saturated rings. The molecule has 0 spiro atoms. The molecule has 0 aliphatic heterocycles. The van der Waals surface area contributed by atoms with Gasteiger partial charge in [-0.25, -0.2) is 4.39 Å². The lowest BCUT2D eigenvalue weighted by atomic mass is 10.1. The Morgan fingerprint density at radius 1 is 1.03 bits per heavy atom. The number of anilines is 1. The van der Waals surface area contributed by atoms with Gasteiger partial charge >= 0.3 is 0 Å². The van der Waals surface area contributed by atoms with Gasteiger partial charge in [0.2, 0.25) is 5.91 Å². The number of carbonyl (C=O) groups is 2. The van der Waals surface area contributed by atoms with Gasteiger partial charge in [0.05, 0.1) is 17.4 Å². The van der Waals surface area contributed by atoms with Gasteiger partial charge in [0.25, 0.3) is 5.91 Å². The van der Waals surface area contributed by atoms with Crippen LogP contribution in [0.25, 0.3) is 10.8 Å². The molecule has 1 aromatic heterocycles. The number of nitrogens with zero attached hydrogens (tertiary/aromatic N) is 3. The number of hydrogen-bond donors (Lipinski definition) is 2. The first kappa shape index (κ1) is 22.5. The van der Waals surface area contributed by atoms with Crippen LogP contribution >= 0.6 is 11.8 Å². The van der Waals surface area contributed by atoms with E-state index in [0.29, 0.717) is 11.0 Å². The van der Waals surface area contributed by atoms with E-state index >= 15 is 0 Å². The van der Waals surface area contributed by atoms with E-state index in [2.05, 4.69) is 20.8 Å². The molecule has 0 saturated carbocycles. The maximum Gasteiger partial charge on any atom is 0.254 e. The van der Waals surface area contributed by atoms with E-state index in [1.807, 2.05) is 42.5 Å². The number of thioether (sulfide) groups is 1. The number of fused-ring (bicyclic) bond motifs is 1. The van der Waals surface area contributed by atoms with Crippen molar-refractivity contribution in [2.75, 3.05) is 11.1 Å². The Balaban J connectivity index is 1.38. The van der Waals surface area contributed by atoms with Gasteiger partial charge in [-0.15, -0.1) is 10.2 Å². The van der Waals surface area contributed by atoms with Gasteiger partial charge in [-0.2, -0.15) is 0 Å². The lowest BCUT2D eigenvalue weighted by molar-refractivity contribution is -0.113. The Labute approximate surface area is 194 Å². The predicted molar refractivity (Wildman–Crippen MR) is 127 cm³/mol. The molecule has 4 rings (SSSR count). The second-order valence-corrected chi connectivity index (χ2v) is 8.38. The largest absolute Gasteiger partial charge is 0.342 e.